The summed E-state index contributed by atoms with van der Waals surface area (Å²) >= 11 is 1.80. The number of hydrogen-bond donors (Lipinski definition) is 1. The molecule has 0 unspecified atom stereocenters. The molecule has 6 heteroatoms. The molecule has 1 aliphatic rings. The van der Waals surface area contributed by atoms with Crippen molar-refractivity contribution in [3.05, 3.63) is 46.2 Å². The van der Waals surface area contributed by atoms with Crippen LogP contribution in [0.5, 0.6) is 11.5 Å². The zero-order valence-corrected chi connectivity index (χ0v) is 16.4. The third-order valence-electron chi connectivity index (χ3n) is 4.97. The van der Waals surface area contributed by atoms with Crippen LogP contribution in [-0.2, 0) is 13.1 Å². The second-order valence-corrected chi connectivity index (χ2v) is 7.66. The Morgan fingerprint density at radius 2 is 2.04 bits per heavy atom. The van der Waals surface area contributed by atoms with E-state index in [1.165, 1.54) is 4.88 Å². The van der Waals surface area contributed by atoms with Gasteiger partial charge in [-0.2, -0.15) is 0 Å². The molecule has 0 spiro atoms. The summed E-state index contributed by atoms with van der Waals surface area (Å²) in [5.74, 6) is 1.74. The van der Waals surface area contributed by atoms with E-state index in [1.807, 2.05) is 12.1 Å². The van der Waals surface area contributed by atoms with Crippen LogP contribution < -0.4 is 9.47 Å². The molecule has 1 aromatic heterocycles. The fourth-order valence-electron chi connectivity index (χ4n) is 3.58. The summed E-state index contributed by atoms with van der Waals surface area (Å²) in [4.78, 5) is 6.33. The van der Waals surface area contributed by atoms with Crippen LogP contribution in [-0.4, -0.2) is 61.4 Å². The van der Waals surface area contributed by atoms with E-state index in [2.05, 4.69) is 33.4 Å². The smallest absolute Gasteiger partial charge is 0.123 e. The first-order valence-electron chi connectivity index (χ1n) is 9.04. The van der Waals surface area contributed by atoms with Gasteiger partial charge in [-0.1, -0.05) is 6.07 Å². The molecule has 1 N–H and O–H groups in total. The molecule has 2 heterocycles. The molecule has 3 rings (SSSR count). The van der Waals surface area contributed by atoms with Crippen LogP contribution in [0.25, 0.3) is 0 Å². The fraction of sp³-hybridized carbons (Fsp3) is 0.500. The maximum Gasteiger partial charge on any atom is 0.123 e. The first-order chi connectivity index (χ1) is 12.7. The number of rotatable bonds is 8. The van der Waals surface area contributed by atoms with E-state index in [0.717, 1.165) is 56.2 Å². The molecule has 1 atom stereocenters. The van der Waals surface area contributed by atoms with Gasteiger partial charge in [0, 0.05) is 55.8 Å². The first kappa shape index (κ1) is 19.2. The number of thiophene rings is 1. The standard InChI is InChI=1S/C20H28N2O3S/c1-24-18-5-6-20(25-2)16(12-18)13-21-8-9-22(17(14-21)7-10-23)15-19-4-3-11-26-19/h3-6,11-12,17,23H,7-10,13-15H2,1-2H3/t17-/m0/s1. The third-order valence-corrected chi connectivity index (χ3v) is 5.83. The summed E-state index contributed by atoms with van der Waals surface area (Å²) in [6, 6.07) is 10.6. The van der Waals surface area contributed by atoms with Gasteiger partial charge in [-0.05, 0) is 36.1 Å². The average Bonchev–Trinajstić information content (AvgIpc) is 3.17. The van der Waals surface area contributed by atoms with Crippen molar-refractivity contribution in [3.63, 3.8) is 0 Å². The van der Waals surface area contributed by atoms with Gasteiger partial charge < -0.3 is 14.6 Å². The summed E-state index contributed by atoms with van der Waals surface area (Å²) < 4.78 is 10.9. The van der Waals surface area contributed by atoms with E-state index >= 15 is 0 Å². The van der Waals surface area contributed by atoms with Gasteiger partial charge in [0.25, 0.3) is 0 Å². The van der Waals surface area contributed by atoms with E-state index in [1.54, 1.807) is 25.6 Å². The highest BCUT2D eigenvalue weighted by Crippen LogP contribution is 2.27. The number of aliphatic hydroxyl groups excluding tert-OH is 1. The van der Waals surface area contributed by atoms with Crippen LogP contribution in [0, 0.1) is 0 Å². The fourth-order valence-corrected chi connectivity index (χ4v) is 4.31. The molecule has 0 bridgehead atoms. The van der Waals surface area contributed by atoms with Crippen LogP contribution in [0.3, 0.4) is 0 Å². The van der Waals surface area contributed by atoms with E-state index in [-0.39, 0.29) is 6.61 Å². The van der Waals surface area contributed by atoms with Crippen LogP contribution in [0.2, 0.25) is 0 Å². The topological polar surface area (TPSA) is 45.2 Å². The Hall–Kier alpha value is -1.60. The van der Waals surface area contributed by atoms with Crippen molar-refractivity contribution in [2.45, 2.75) is 25.6 Å². The largest absolute Gasteiger partial charge is 0.497 e. The molecule has 5 nitrogen and oxygen atoms in total. The molecule has 142 valence electrons. The highest BCUT2D eigenvalue weighted by molar-refractivity contribution is 7.09. The molecule has 26 heavy (non-hydrogen) atoms. The molecule has 2 aromatic rings. The predicted octanol–water partition coefficient (Wildman–Crippen LogP) is 2.83. The van der Waals surface area contributed by atoms with Gasteiger partial charge in [-0.25, -0.2) is 0 Å². The van der Waals surface area contributed by atoms with E-state index in [0.29, 0.717) is 6.04 Å². The number of nitrogens with zero attached hydrogens (tertiary/aromatic N) is 2. The van der Waals surface area contributed by atoms with Gasteiger partial charge >= 0.3 is 0 Å². The minimum Gasteiger partial charge on any atom is -0.497 e. The summed E-state index contributed by atoms with van der Waals surface area (Å²) in [6.07, 6.45) is 0.803. The third kappa shape index (κ3) is 4.76. The molecule has 1 aliphatic heterocycles. The maximum absolute atomic E-state index is 9.51. The van der Waals surface area contributed by atoms with Gasteiger partial charge in [-0.3, -0.25) is 9.80 Å². The van der Waals surface area contributed by atoms with Crippen molar-refractivity contribution in [1.82, 2.24) is 9.80 Å². The van der Waals surface area contributed by atoms with Gasteiger partial charge in [-0.15, -0.1) is 11.3 Å². The number of methoxy groups -OCH3 is 2. The second-order valence-electron chi connectivity index (χ2n) is 6.63. The lowest BCUT2D eigenvalue weighted by molar-refractivity contribution is 0.0503. The molecule has 1 saturated heterocycles. The first-order valence-corrected chi connectivity index (χ1v) is 9.92. The van der Waals surface area contributed by atoms with Crippen molar-refractivity contribution < 1.29 is 14.6 Å². The van der Waals surface area contributed by atoms with Crippen molar-refractivity contribution in [2.24, 2.45) is 0 Å². The number of piperazine rings is 1. The van der Waals surface area contributed by atoms with Crippen molar-refractivity contribution in [2.75, 3.05) is 40.5 Å². The van der Waals surface area contributed by atoms with E-state index < -0.39 is 0 Å². The Balaban J connectivity index is 1.67. The Bertz CT molecular complexity index is 678. The predicted molar refractivity (Wildman–Crippen MR) is 105 cm³/mol. The second kappa shape index (κ2) is 9.37. The summed E-state index contributed by atoms with van der Waals surface area (Å²) in [5.41, 5.74) is 1.14. The maximum atomic E-state index is 9.51. The monoisotopic (exact) mass is 376 g/mol. The quantitative estimate of drug-likeness (QED) is 0.768. The molecule has 0 aliphatic carbocycles. The highest BCUT2D eigenvalue weighted by Gasteiger charge is 2.27. The Labute approximate surface area is 159 Å². The average molecular weight is 377 g/mol. The minimum absolute atomic E-state index is 0.224. The summed E-state index contributed by atoms with van der Waals surface area (Å²) in [7, 11) is 3.39. The minimum atomic E-state index is 0.224. The lowest BCUT2D eigenvalue weighted by Crippen LogP contribution is -2.52. The number of benzene rings is 1. The molecule has 1 aromatic carbocycles. The number of hydrogen-bond acceptors (Lipinski definition) is 6. The SMILES string of the molecule is COc1ccc(OC)c(CN2CCN(Cc3cccs3)[C@@H](CCO)C2)c1. The van der Waals surface area contributed by atoms with Crippen LogP contribution in [0.4, 0.5) is 0 Å². The van der Waals surface area contributed by atoms with Crippen LogP contribution in [0.15, 0.2) is 35.7 Å². The zero-order chi connectivity index (χ0) is 18.4. The zero-order valence-electron chi connectivity index (χ0n) is 15.6. The van der Waals surface area contributed by atoms with Crippen LogP contribution >= 0.6 is 11.3 Å². The van der Waals surface area contributed by atoms with Gasteiger partial charge in [0.1, 0.15) is 11.5 Å². The Morgan fingerprint density at radius 3 is 2.73 bits per heavy atom. The highest BCUT2D eigenvalue weighted by atomic mass is 32.1. The Morgan fingerprint density at radius 1 is 1.15 bits per heavy atom. The van der Waals surface area contributed by atoms with Crippen molar-refractivity contribution in [3.8, 4) is 11.5 Å². The number of aliphatic hydroxyl groups is 1. The molecule has 0 saturated carbocycles. The number of ether oxygens (including phenoxy) is 2. The van der Waals surface area contributed by atoms with E-state index in [9.17, 15) is 5.11 Å². The Kier molecular flexibility index (Phi) is 6.91. The van der Waals surface area contributed by atoms with Crippen LogP contribution in [0.1, 0.15) is 16.9 Å². The van der Waals surface area contributed by atoms with Crippen molar-refractivity contribution in [1.29, 1.82) is 0 Å². The van der Waals surface area contributed by atoms with E-state index in [4.69, 9.17) is 9.47 Å². The lowest BCUT2D eigenvalue weighted by Gasteiger charge is -2.41. The molecular formula is C20H28N2O3S. The lowest BCUT2D eigenvalue weighted by atomic mass is 10.1. The molecule has 0 radical (unpaired) electrons. The van der Waals surface area contributed by atoms with Gasteiger partial charge in [0.05, 0.1) is 14.2 Å². The van der Waals surface area contributed by atoms with Crippen molar-refractivity contribution >= 4 is 11.3 Å². The normalized spacial score (nSPS) is 18.8. The van der Waals surface area contributed by atoms with Gasteiger partial charge in [0.15, 0.2) is 0 Å². The summed E-state index contributed by atoms with van der Waals surface area (Å²) in [6.45, 7) is 4.99. The molecule has 1 fully saturated rings. The summed E-state index contributed by atoms with van der Waals surface area (Å²) in [5, 5.41) is 11.6. The van der Waals surface area contributed by atoms with Gasteiger partial charge in [0.2, 0.25) is 0 Å². The molecular weight excluding hydrogens is 348 g/mol. The molecule has 0 amide bonds.